The zero-order chi connectivity index (χ0) is 21.8. The van der Waals surface area contributed by atoms with E-state index >= 15 is 0 Å². The molecule has 2 heterocycles. The van der Waals surface area contributed by atoms with Crippen LogP contribution < -0.4 is 10.4 Å². The number of para-hydroxylation sites is 1. The van der Waals surface area contributed by atoms with Crippen LogP contribution >= 0.6 is 11.8 Å². The summed E-state index contributed by atoms with van der Waals surface area (Å²) in [5, 5.41) is 1.09. The number of hydrogen-bond donors (Lipinski definition) is 2. The third-order valence-corrected chi connectivity index (χ3v) is 5.76. The summed E-state index contributed by atoms with van der Waals surface area (Å²) in [6.45, 7) is 2.43. The molecule has 31 heavy (non-hydrogen) atoms. The van der Waals surface area contributed by atoms with Crippen LogP contribution in [0.25, 0.3) is 10.9 Å². The number of H-pyrrole nitrogens is 2. The van der Waals surface area contributed by atoms with Crippen molar-refractivity contribution in [2.45, 2.75) is 24.2 Å². The average molecular weight is 436 g/mol. The van der Waals surface area contributed by atoms with Crippen LogP contribution in [0.1, 0.15) is 27.4 Å². The van der Waals surface area contributed by atoms with Gasteiger partial charge in [0.15, 0.2) is 0 Å². The second kappa shape index (κ2) is 9.09. The standard InChI is InChI=1S/C23H21N3O4S/c1-14-11-15(18-5-3-4-6-19(18)24-14)12-30-16-7-9-17(10-8-16)31-13-20-21(22(27)29-2)26-23(28)25-20/h3-11H,12-13H2,1-2H3,(H2,25,26,28). The summed E-state index contributed by atoms with van der Waals surface area (Å²) in [4.78, 5) is 33.9. The molecular weight excluding hydrogens is 414 g/mol. The van der Waals surface area contributed by atoms with E-state index in [1.807, 2.05) is 61.5 Å². The Hall–Kier alpha value is -3.52. The van der Waals surface area contributed by atoms with Gasteiger partial charge in [-0.25, -0.2) is 9.59 Å². The van der Waals surface area contributed by atoms with E-state index in [0.29, 0.717) is 18.1 Å². The number of rotatable bonds is 7. The number of nitrogens with zero attached hydrogens (tertiary/aromatic N) is 1. The molecule has 4 aromatic rings. The number of pyridine rings is 1. The van der Waals surface area contributed by atoms with Gasteiger partial charge in [0.1, 0.15) is 18.1 Å². The number of carbonyl (C=O) groups excluding carboxylic acids is 1. The van der Waals surface area contributed by atoms with Crippen LogP contribution in [0.4, 0.5) is 0 Å². The first-order valence-corrected chi connectivity index (χ1v) is 10.6. The first-order valence-electron chi connectivity index (χ1n) is 9.64. The highest BCUT2D eigenvalue weighted by molar-refractivity contribution is 7.98. The van der Waals surface area contributed by atoms with Crippen LogP contribution in [0, 0.1) is 6.92 Å². The normalized spacial score (nSPS) is 10.9. The number of nitrogens with one attached hydrogen (secondary N) is 2. The van der Waals surface area contributed by atoms with Gasteiger partial charge in [-0.1, -0.05) is 18.2 Å². The van der Waals surface area contributed by atoms with Crippen molar-refractivity contribution in [3.05, 3.63) is 87.7 Å². The minimum absolute atomic E-state index is 0.153. The summed E-state index contributed by atoms with van der Waals surface area (Å²) in [6.07, 6.45) is 0. The molecule has 0 radical (unpaired) electrons. The lowest BCUT2D eigenvalue weighted by atomic mass is 10.1. The average Bonchev–Trinajstić information content (AvgIpc) is 3.16. The van der Waals surface area contributed by atoms with Crippen LogP contribution in [0.2, 0.25) is 0 Å². The highest BCUT2D eigenvalue weighted by atomic mass is 32.2. The SMILES string of the molecule is COC(=O)c1[nH]c(=O)[nH]c1CSc1ccc(OCc2cc(C)nc3ccccc23)cc1. The Bertz CT molecular complexity index is 1280. The summed E-state index contributed by atoms with van der Waals surface area (Å²) in [5.74, 6) is 0.607. The van der Waals surface area contributed by atoms with Gasteiger partial charge in [0.2, 0.25) is 0 Å². The van der Waals surface area contributed by atoms with Crippen LogP contribution in [-0.4, -0.2) is 28.0 Å². The fraction of sp³-hybridized carbons (Fsp3) is 0.174. The first-order chi connectivity index (χ1) is 15.0. The lowest BCUT2D eigenvalue weighted by Gasteiger charge is -2.10. The van der Waals surface area contributed by atoms with E-state index in [4.69, 9.17) is 9.47 Å². The van der Waals surface area contributed by atoms with Crippen molar-refractivity contribution < 1.29 is 14.3 Å². The molecule has 4 rings (SSSR count). The molecule has 0 spiro atoms. The van der Waals surface area contributed by atoms with Crippen LogP contribution in [-0.2, 0) is 17.1 Å². The number of esters is 1. The largest absolute Gasteiger partial charge is 0.489 e. The number of carbonyl (C=O) groups is 1. The Morgan fingerprint density at radius 1 is 1.10 bits per heavy atom. The molecule has 2 aromatic heterocycles. The van der Waals surface area contributed by atoms with Gasteiger partial charge < -0.3 is 14.5 Å². The number of hydrogen-bond acceptors (Lipinski definition) is 6. The molecule has 0 saturated carbocycles. The zero-order valence-corrected chi connectivity index (χ0v) is 17.9. The van der Waals surface area contributed by atoms with Gasteiger partial charge in [-0.15, -0.1) is 11.8 Å². The first kappa shape index (κ1) is 20.7. The van der Waals surface area contributed by atoms with Gasteiger partial charge in [-0.2, -0.15) is 0 Å². The molecule has 0 aliphatic rings. The lowest BCUT2D eigenvalue weighted by molar-refractivity contribution is 0.0593. The molecule has 8 heteroatoms. The smallest absolute Gasteiger partial charge is 0.356 e. The molecule has 0 amide bonds. The topological polar surface area (TPSA) is 97.1 Å². The van der Waals surface area contributed by atoms with Gasteiger partial charge in [-0.3, -0.25) is 9.97 Å². The van der Waals surface area contributed by atoms with Crippen LogP contribution in [0.3, 0.4) is 0 Å². The van der Waals surface area contributed by atoms with Gasteiger partial charge in [0.25, 0.3) is 0 Å². The number of aromatic amines is 2. The number of fused-ring (bicyclic) bond motifs is 1. The maximum atomic E-state index is 11.8. The molecule has 0 bridgehead atoms. The highest BCUT2D eigenvalue weighted by Crippen LogP contribution is 2.26. The molecule has 0 unspecified atom stereocenters. The van der Waals surface area contributed by atoms with Crippen molar-refractivity contribution in [2.75, 3.05) is 7.11 Å². The summed E-state index contributed by atoms with van der Waals surface area (Å²) in [5.41, 5.74) is 3.23. The fourth-order valence-electron chi connectivity index (χ4n) is 3.27. The van der Waals surface area contributed by atoms with Crippen molar-refractivity contribution in [1.29, 1.82) is 0 Å². The predicted octanol–water partition coefficient (Wildman–Crippen LogP) is 4.22. The van der Waals surface area contributed by atoms with Gasteiger partial charge in [0, 0.05) is 27.3 Å². The number of aromatic nitrogens is 3. The van der Waals surface area contributed by atoms with Crippen molar-refractivity contribution >= 4 is 28.6 Å². The summed E-state index contributed by atoms with van der Waals surface area (Å²) >= 11 is 1.49. The summed E-state index contributed by atoms with van der Waals surface area (Å²) in [7, 11) is 1.28. The Kier molecular flexibility index (Phi) is 6.08. The lowest BCUT2D eigenvalue weighted by Crippen LogP contribution is -2.06. The molecule has 2 N–H and O–H groups in total. The molecule has 0 fully saturated rings. The van der Waals surface area contributed by atoms with E-state index in [2.05, 4.69) is 15.0 Å². The third-order valence-electron chi connectivity index (χ3n) is 4.73. The number of methoxy groups -OCH3 is 1. The minimum atomic E-state index is -0.573. The second-order valence-electron chi connectivity index (χ2n) is 6.91. The summed E-state index contributed by atoms with van der Waals surface area (Å²) < 4.78 is 10.7. The Balaban J connectivity index is 1.41. The van der Waals surface area contributed by atoms with Crippen molar-refractivity contribution in [2.24, 2.45) is 0 Å². The van der Waals surface area contributed by atoms with E-state index in [-0.39, 0.29) is 5.69 Å². The van der Waals surface area contributed by atoms with E-state index < -0.39 is 11.7 Å². The quantitative estimate of drug-likeness (QED) is 0.333. The number of benzene rings is 2. The number of aryl methyl sites for hydroxylation is 1. The molecule has 7 nitrogen and oxygen atoms in total. The Labute approximate surface area is 182 Å². The van der Waals surface area contributed by atoms with Gasteiger partial charge in [0.05, 0.1) is 18.3 Å². The number of imidazole rings is 1. The molecule has 0 aliphatic carbocycles. The molecule has 158 valence electrons. The van der Waals surface area contributed by atoms with E-state index in [1.54, 1.807) is 0 Å². The van der Waals surface area contributed by atoms with E-state index in [1.165, 1.54) is 18.9 Å². The summed E-state index contributed by atoms with van der Waals surface area (Å²) in [6, 6.07) is 17.8. The third kappa shape index (κ3) is 4.80. The van der Waals surface area contributed by atoms with E-state index in [9.17, 15) is 9.59 Å². The fourth-order valence-corrected chi connectivity index (χ4v) is 4.12. The van der Waals surface area contributed by atoms with Gasteiger partial charge >= 0.3 is 11.7 Å². The molecular formula is C23H21N3O4S. The molecule has 0 aliphatic heterocycles. The van der Waals surface area contributed by atoms with Crippen molar-refractivity contribution in [3.8, 4) is 5.75 Å². The molecule has 2 aromatic carbocycles. The predicted molar refractivity (Wildman–Crippen MR) is 120 cm³/mol. The molecule has 0 saturated heterocycles. The monoisotopic (exact) mass is 435 g/mol. The second-order valence-corrected chi connectivity index (χ2v) is 7.96. The van der Waals surface area contributed by atoms with Crippen LogP contribution in [0.15, 0.2) is 64.3 Å². The Morgan fingerprint density at radius 2 is 1.87 bits per heavy atom. The number of ether oxygens (including phenoxy) is 2. The Morgan fingerprint density at radius 3 is 2.65 bits per heavy atom. The molecule has 0 atom stereocenters. The van der Waals surface area contributed by atoms with Gasteiger partial charge in [-0.05, 0) is 43.3 Å². The zero-order valence-electron chi connectivity index (χ0n) is 17.1. The highest BCUT2D eigenvalue weighted by Gasteiger charge is 2.15. The maximum absolute atomic E-state index is 11.8. The maximum Gasteiger partial charge on any atom is 0.356 e. The van der Waals surface area contributed by atoms with Crippen molar-refractivity contribution in [3.63, 3.8) is 0 Å². The number of thioether (sulfide) groups is 1. The van der Waals surface area contributed by atoms with Crippen LogP contribution in [0.5, 0.6) is 5.75 Å². The minimum Gasteiger partial charge on any atom is -0.489 e. The van der Waals surface area contributed by atoms with Crippen molar-refractivity contribution in [1.82, 2.24) is 15.0 Å². The van der Waals surface area contributed by atoms with E-state index in [0.717, 1.165) is 32.8 Å².